The van der Waals surface area contributed by atoms with Gasteiger partial charge in [-0.1, -0.05) is 6.08 Å². The molecule has 0 aromatic carbocycles. The molecule has 1 amide bonds. The number of hydrogen-bond donors (Lipinski definition) is 3. The van der Waals surface area contributed by atoms with E-state index in [0.29, 0.717) is 0 Å². The Bertz CT molecular complexity index is 1290. The number of carboxylic acids is 1. The van der Waals surface area contributed by atoms with Gasteiger partial charge in [-0.15, -0.1) is 0 Å². The number of aliphatic hydroxyl groups is 2. The number of methoxy groups -OCH3 is 1. The summed E-state index contributed by atoms with van der Waals surface area (Å²) in [4.78, 5) is 63.1. The van der Waals surface area contributed by atoms with Crippen LogP contribution in [0.4, 0.5) is 5.82 Å². The van der Waals surface area contributed by atoms with Crippen LogP contribution in [0.1, 0.15) is 19.6 Å². The molecule has 208 valence electrons. The molecule has 19 heteroatoms. The molecule has 0 spiro atoms. The second-order valence-corrected chi connectivity index (χ2v) is 10.4. The number of nitrogens with zero attached hydrogens (tertiary/aromatic N) is 2. The maximum atomic E-state index is 12.3. The van der Waals surface area contributed by atoms with E-state index >= 15 is 0 Å². The first-order valence-electron chi connectivity index (χ1n) is 11.3. The predicted molar refractivity (Wildman–Crippen MR) is 117 cm³/mol. The molecule has 40 heavy (non-hydrogen) atoms. The third kappa shape index (κ3) is 6.64. The zero-order valence-corrected chi connectivity index (χ0v) is 26.9. The summed E-state index contributed by atoms with van der Waals surface area (Å²) in [6, 6.07) is 1.25. The van der Waals surface area contributed by atoms with Crippen molar-refractivity contribution in [2.75, 3.05) is 25.6 Å². The number of ether oxygens (including phenoxy) is 2. The molecule has 0 bridgehead atoms. The van der Waals surface area contributed by atoms with Crippen molar-refractivity contribution >= 4 is 31.5 Å². The van der Waals surface area contributed by atoms with Crippen molar-refractivity contribution in [1.29, 1.82) is 0 Å². The first-order valence-corrected chi connectivity index (χ1v) is 12.8. The van der Waals surface area contributed by atoms with E-state index in [9.17, 15) is 44.0 Å². The molecule has 1 aromatic heterocycles. The number of carbonyl (C=O) groups is 3. The molecule has 8 atom stereocenters. The summed E-state index contributed by atoms with van der Waals surface area (Å²) in [5.41, 5.74) is -2.78. The van der Waals surface area contributed by atoms with E-state index in [1.807, 2.05) is 0 Å². The topological polar surface area (TPSA) is 239 Å². The van der Waals surface area contributed by atoms with E-state index in [1.54, 1.807) is 0 Å². The van der Waals surface area contributed by atoms with Crippen molar-refractivity contribution in [2.45, 2.75) is 37.9 Å². The Labute approximate surface area is 271 Å². The van der Waals surface area contributed by atoms with Crippen molar-refractivity contribution in [2.24, 2.45) is 17.3 Å². The molecule has 1 saturated carbocycles. The van der Waals surface area contributed by atoms with Crippen LogP contribution in [0.2, 0.25) is 0 Å². The molecule has 1 saturated heterocycles. The molecule has 1 aromatic rings. The van der Waals surface area contributed by atoms with Gasteiger partial charge in [0.2, 0.25) is 5.91 Å². The molecule has 4 rings (SSSR count). The number of aliphatic hydroxyl groups excluding tert-OH is 2. The maximum absolute atomic E-state index is 12.3. The second-order valence-electron chi connectivity index (χ2n) is 8.98. The molecule has 1 unspecified atom stereocenters. The summed E-state index contributed by atoms with van der Waals surface area (Å²) in [5, 5.41) is 34.4. The third-order valence-corrected chi connectivity index (χ3v) is 7.80. The van der Waals surface area contributed by atoms with Gasteiger partial charge in [0.05, 0.1) is 26.3 Å². The van der Waals surface area contributed by atoms with Gasteiger partial charge in [0, 0.05) is 19.0 Å². The van der Waals surface area contributed by atoms with Crippen molar-refractivity contribution in [3.05, 3.63) is 34.4 Å². The van der Waals surface area contributed by atoms with Crippen LogP contribution in [-0.4, -0.2) is 76.2 Å². The third-order valence-electron chi connectivity index (χ3n) is 6.87. The smallest absolute Gasteiger partial charge is 0.756 e. The van der Waals surface area contributed by atoms with Crippen LogP contribution in [0.3, 0.4) is 0 Å². The number of nitrogens with one attached hydrogen (secondary N) is 1. The van der Waals surface area contributed by atoms with Crippen LogP contribution in [0.15, 0.2) is 28.7 Å². The monoisotopic (exact) mass is 603 g/mol. The molecule has 0 radical (unpaired) electrons. The number of aliphatic carboxylic acids is 1. The van der Waals surface area contributed by atoms with Crippen LogP contribution >= 0.6 is 7.82 Å². The van der Waals surface area contributed by atoms with Crippen molar-refractivity contribution in [1.82, 2.24) is 9.55 Å². The number of aromatic nitrogens is 2. The number of carboxylic acid groups (broad SMARTS) is 1. The minimum absolute atomic E-state index is 0. The van der Waals surface area contributed by atoms with E-state index in [2.05, 4.69) is 10.3 Å². The number of phosphoric acid groups is 1. The Morgan fingerprint density at radius 3 is 2.48 bits per heavy atom. The molecule has 2 aliphatic carbocycles. The number of phosphoric ester groups is 1. The van der Waals surface area contributed by atoms with Crippen molar-refractivity contribution < 1.29 is 117 Å². The number of rotatable bonds is 10. The Hall–Kier alpha value is -0.980. The van der Waals surface area contributed by atoms with E-state index in [-0.39, 0.29) is 76.9 Å². The largest absolute Gasteiger partial charge is 1.00 e. The number of fused-ring (bicyclic) bond motifs is 1. The number of anilines is 1. The minimum Gasteiger partial charge on any atom is -0.756 e. The van der Waals surface area contributed by atoms with Gasteiger partial charge in [0.25, 0.3) is 7.82 Å². The summed E-state index contributed by atoms with van der Waals surface area (Å²) >= 11 is 0. The maximum Gasteiger partial charge on any atom is 1.00 e. The zero-order valence-electron chi connectivity index (χ0n) is 22.0. The SMILES string of the molecule is COC(=O)[C@]12C(C(=O)[O-])=CC[C@H]1[C@H]2COP(=O)([O-])OC[C@H]1O[C@@H](n2ccc(NC(C)=O)nc2=O)[C@H](O)[C@@H]1O.[Na+].[Na+]. The van der Waals surface area contributed by atoms with Gasteiger partial charge in [-0.2, -0.15) is 4.98 Å². The summed E-state index contributed by atoms with van der Waals surface area (Å²) < 4.78 is 33.0. The normalized spacial score (nSPS) is 31.5. The second kappa shape index (κ2) is 13.5. The fraction of sp³-hybridized carbons (Fsp3) is 0.571. The molecule has 2 fully saturated rings. The summed E-state index contributed by atoms with van der Waals surface area (Å²) in [5.74, 6) is -4.28. The van der Waals surface area contributed by atoms with Crippen LogP contribution in [0, 0.1) is 17.3 Å². The van der Waals surface area contributed by atoms with Crippen LogP contribution < -0.4 is 80.1 Å². The Kier molecular flexibility index (Phi) is 11.9. The predicted octanol–water partition coefficient (Wildman–Crippen LogP) is -9.18. The average Bonchev–Trinajstić information content (AvgIpc) is 3.13. The van der Waals surface area contributed by atoms with Crippen LogP contribution in [-0.2, 0) is 37.5 Å². The van der Waals surface area contributed by atoms with Gasteiger partial charge >= 0.3 is 70.8 Å². The van der Waals surface area contributed by atoms with E-state index in [0.717, 1.165) is 17.9 Å². The summed E-state index contributed by atoms with van der Waals surface area (Å²) in [6.45, 7) is -0.167. The number of hydrogen-bond acceptors (Lipinski definition) is 14. The van der Waals surface area contributed by atoms with E-state index in [4.69, 9.17) is 18.5 Å². The molecule has 2 heterocycles. The fourth-order valence-corrected chi connectivity index (χ4v) is 5.86. The van der Waals surface area contributed by atoms with Gasteiger partial charge in [-0.25, -0.2) is 4.79 Å². The molecular weight excluding hydrogens is 579 g/mol. The van der Waals surface area contributed by atoms with E-state index < -0.39 is 86.4 Å². The molecule has 3 aliphatic rings. The first-order chi connectivity index (χ1) is 17.8. The van der Waals surface area contributed by atoms with Crippen molar-refractivity contribution in [3.8, 4) is 0 Å². The van der Waals surface area contributed by atoms with Crippen LogP contribution in [0.25, 0.3) is 0 Å². The first kappa shape index (κ1) is 35.2. The number of carbonyl (C=O) groups excluding carboxylic acids is 3. The Balaban J connectivity index is 0.00000280. The van der Waals surface area contributed by atoms with Gasteiger partial charge in [0.15, 0.2) is 6.23 Å². The van der Waals surface area contributed by atoms with Gasteiger partial charge in [0.1, 0.15) is 29.5 Å². The summed E-state index contributed by atoms with van der Waals surface area (Å²) in [7, 11) is -3.98. The minimum atomic E-state index is -5.06. The molecule has 1 aliphatic heterocycles. The quantitative estimate of drug-likeness (QED) is 0.128. The summed E-state index contributed by atoms with van der Waals surface area (Å²) in [6.07, 6.45) is -3.50. The average molecular weight is 603 g/mol. The van der Waals surface area contributed by atoms with Gasteiger partial charge < -0.3 is 48.8 Å². The Morgan fingerprint density at radius 1 is 1.25 bits per heavy atom. The van der Waals surface area contributed by atoms with Gasteiger partial charge in [-0.3, -0.25) is 18.7 Å². The molecule has 3 N–H and O–H groups in total. The molecule has 16 nitrogen and oxygen atoms in total. The van der Waals surface area contributed by atoms with E-state index in [1.165, 1.54) is 19.1 Å². The number of amides is 1. The number of esters is 1. The Morgan fingerprint density at radius 2 is 1.90 bits per heavy atom. The van der Waals surface area contributed by atoms with Gasteiger partial charge in [-0.05, 0) is 24.0 Å². The van der Waals surface area contributed by atoms with Crippen LogP contribution in [0.5, 0.6) is 0 Å². The fourth-order valence-electron chi connectivity index (χ4n) is 5.11. The zero-order chi connectivity index (χ0) is 28.0. The standard InChI is InChI=1S/C21H26N3O13P.2Na/c1-9(25)22-14-5-6-24(20(31)23-14)17-16(27)15(26)13(37-17)8-36-38(32,33)35-7-12-10-3-4-11(18(28)29)21(10,12)19(30)34-2;;/h4-6,10,12-13,15-17,26-27H,3,7-8H2,1-2H3,(H,28,29)(H,32,33)(H,22,23,25,31);;/q;2*+1/p-2/t10-,12+,13+,15+,16+,17+,21-;;/m0../s1. The number of allylic oxidation sites excluding steroid dienone is 1. The van der Waals surface area contributed by atoms with Crippen molar-refractivity contribution in [3.63, 3.8) is 0 Å². The molecular formula is C21H24N3Na2O13P.